The van der Waals surface area contributed by atoms with Crippen LogP contribution in [-0.2, 0) is 4.84 Å². The van der Waals surface area contributed by atoms with Crippen molar-refractivity contribution < 1.29 is 4.84 Å². The van der Waals surface area contributed by atoms with Crippen LogP contribution in [0.4, 0.5) is 0 Å². The van der Waals surface area contributed by atoms with E-state index in [1.54, 1.807) is 0 Å². The van der Waals surface area contributed by atoms with Crippen LogP contribution < -0.4 is 5.73 Å². The molecule has 1 aromatic rings. The molecule has 0 saturated carbocycles. The van der Waals surface area contributed by atoms with Crippen LogP contribution in [0.3, 0.4) is 0 Å². The third kappa shape index (κ3) is 2.07. The minimum Gasteiger partial charge on any atom is -0.389 e. The van der Waals surface area contributed by atoms with E-state index in [9.17, 15) is 0 Å². The summed E-state index contributed by atoms with van der Waals surface area (Å²) >= 11 is 5.02. The largest absolute Gasteiger partial charge is 0.389 e. The second-order valence-corrected chi connectivity index (χ2v) is 4.92. The van der Waals surface area contributed by atoms with Crippen LogP contribution in [0.1, 0.15) is 31.4 Å². The standard InChI is InChI=1S/C12H14N2OS/c1-12(2)7-10(14-15-12)8-5-3-4-6-9(8)11(13)16/h3-6H,7H2,1-2H3,(H2,13,16). The van der Waals surface area contributed by atoms with E-state index in [0.717, 1.165) is 23.3 Å². The van der Waals surface area contributed by atoms with Gasteiger partial charge in [0.25, 0.3) is 0 Å². The Bertz CT molecular complexity index is 466. The van der Waals surface area contributed by atoms with Crippen molar-refractivity contribution in [1.29, 1.82) is 0 Å². The maximum Gasteiger partial charge on any atom is 0.137 e. The van der Waals surface area contributed by atoms with Crippen LogP contribution >= 0.6 is 12.2 Å². The molecule has 0 radical (unpaired) electrons. The van der Waals surface area contributed by atoms with E-state index < -0.39 is 0 Å². The summed E-state index contributed by atoms with van der Waals surface area (Å²) < 4.78 is 0. The number of nitrogens with zero attached hydrogens (tertiary/aromatic N) is 1. The monoisotopic (exact) mass is 234 g/mol. The second kappa shape index (κ2) is 3.87. The van der Waals surface area contributed by atoms with Gasteiger partial charge in [-0.1, -0.05) is 41.6 Å². The molecule has 2 rings (SSSR count). The zero-order valence-corrected chi connectivity index (χ0v) is 10.2. The summed E-state index contributed by atoms with van der Waals surface area (Å²) in [5.74, 6) is 0. The van der Waals surface area contributed by atoms with Crippen LogP contribution in [0.15, 0.2) is 29.4 Å². The van der Waals surface area contributed by atoms with Crippen LogP contribution in [0.5, 0.6) is 0 Å². The molecule has 0 amide bonds. The second-order valence-electron chi connectivity index (χ2n) is 4.48. The summed E-state index contributed by atoms with van der Waals surface area (Å²) in [5, 5.41) is 4.10. The average molecular weight is 234 g/mol. The first kappa shape index (κ1) is 11.1. The van der Waals surface area contributed by atoms with Gasteiger partial charge in [0.05, 0.1) is 5.71 Å². The Morgan fingerprint density at radius 1 is 1.44 bits per heavy atom. The fourth-order valence-electron chi connectivity index (χ4n) is 1.74. The highest BCUT2D eigenvalue weighted by Crippen LogP contribution is 2.26. The highest BCUT2D eigenvalue weighted by molar-refractivity contribution is 7.80. The lowest BCUT2D eigenvalue weighted by Gasteiger charge is -2.13. The molecule has 0 bridgehead atoms. The maximum atomic E-state index is 5.69. The Morgan fingerprint density at radius 3 is 2.69 bits per heavy atom. The average Bonchev–Trinajstić information content (AvgIpc) is 2.59. The molecule has 1 aliphatic rings. The van der Waals surface area contributed by atoms with Crippen molar-refractivity contribution in [1.82, 2.24) is 0 Å². The molecule has 0 aromatic heterocycles. The number of thiocarbonyl (C=S) groups is 1. The van der Waals surface area contributed by atoms with Gasteiger partial charge < -0.3 is 10.6 Å². The van der Waals surface area contributed by atoms with Gasteiger partial charge in [0.2, 0.25) is 0 Å². The van der Waals surface area contributed by atoms with E-state index in [1.807, 2.05) is 38.1 Å². The molecule has 1 heterocycles. The normalized spacial score (nSPS) is 17.8. The van der Waals surface area contributed by atoms with Crippen molar-refractivity contribution in [3.63, 3.8) is 0 Å². The summed E-state index contributed by atoms with van der Waals surface area (Å²) in [5.41, 5.74) is 8.19. The number of benzene rings is 1. The van der Waals surface area contributed by atoms with E-state index in [2.05, 4.69) is 5.16 Å². The molecule has 3 nitrogen and oxygen atoms in total. The Balaban J connectivity index is 2.39. The summed E-state index contributed by atoms with van der Waals surface area (Å²) in [6, 6.07) is 7.74. The molecule has 0 atom stereocenters. The van der Waals surface area contributed by atoms with E-state index >= 15 is 0 Å². The van der Waals surface area contributed by atoms with Gasteiger partial charge in [-0.25, -0.2) is 0 Å². The van der Waals surface area contributed by atoms with E-state index in [4.69, 9.17) is 22.8 Å². The molecule has 4 heteroatoms. The summed E-state index contributed by atoms with van der Waals surface area (Å²) in [6.07, 6.45) is 0.770. The number of hydrogen-bond acceptors (Lipinski definition) is 3. The Labute approximate surface area is 100 Å². The highest BCUT2D eigenvalue weighted by atomic mass is 32.1. The molecule has 0 fully saturated rings. The van der Waals surface area contributed by atoms with Gasteiger partial charge in [-0.15, -0.1) is 0 Å². The molecular weight excluding hydrogens is 220 g/mol. The van der Waals surface area contributed by atoms with Gasteiger partial charge in [-0.3, -0.25) is 0 Å². The maximum absolute atomic E-state index is 5.69. The van der Waals surface area contributed by atoms with Gasteiger partial charge >= 0.3 is 0 Å². The van der Waals surface area contributed by atoms with Crippen molar-refractivity contribution in [2.45, 2.75) is 25.9 Å². The highest BCUT2D eigenvalue weighted by Gasteiger charge is 2.30. The third-order valence-electron chi connectivity index (χ3n) is 2.50. The van der Waals surface area contributed by atoms with Gasteiger partial charge in [0.15, 0.2) is 0 Å². The molecule has 0 unspecified atom stereocenters. The van der Waals surface area contributed by atoms with Crippen molar-refractivity contribution in [2.24, 2.45) is 10.9 Å². The van der Waals surface area contributed by atoms with Crippen LogP contribution in [-0.4, -0.2) is 16.3 Å². The number of nitrogens with two attached hydrogens (primary N) is 1. The molecular formula is C12H14N2OS. The smallest absolute Gasteiger partial charge is 0.137 e. The molecule has 0 aliphatic carbocycles. The van der Waals surface area contributed by atoms with E-state index in [-0.39, 0.29) is 5.60 Å². The summed E-state index contributed by atoms with van der Waals surface area (Å²) in [6.45, 7) is 4.01. The van der Waals surface area contributed by atoms with Gasteiger partial charge in [0, 0.05) is 17.5 Å². The van der Waals surface area contributed by atoms with Crippen LogP contribution in [0.2, 0.25) is 0 Å². The van der Waals surface area contributed by atoms with Gasteiger partial charge in [-0.2, -0.15) is 0 Å². The fraction of sp³-hybridized carbons (Fsp3) is 0.333. The minimum atomic E-state index is -0.237. The molecule has 84 valence electrons. The number of oxime groups is 1. The third-order valence-corrected chi connectivity index (χ3v) is 2.72. The predicted octanol–water partition coefficient (Wildman–Crippen LogP) is 2.22. The lowest BCUT2D eigenvalue weighted by atomic mass is 9.95. The minimum absolute atomic E-state index is 0.237. The summed E-state index contributed by atoms with van der Waals surface area (Å²) in [7, 11) is 0. The summed E-state index contributed by atoms with van der Waals surface area (Å²) in [4.78, 5) is 5.74. The molecule has 1 aliphatic heterocycles. The van der Waals surface area contributed by atoms with Crippen molar-refractivity contribution in [3.8, 4) is 0 Å². The molecule has 0 saturated heterocycles. The quantitative estimate of drug-likeness (QED) is 0.798. The van der Waals surface area contributed by atoms with E-state index in [0.29, 0.717) is 4.99 Å². The zero-order valence-electron chi connectivity index (χ0n) is 9.36. The molecule has 1 aromatic carbocycles. The van der Waals surface area contributed by atoms with Crippen LogP contribution in [0, 0.1) is 0 Å². The lowest BCUT2D eigenvalue weighted by Crippen LogP contribution is -2.21. The topological polar surface area (TPSA) is 47.6 Å². The first-order chi connectivity index (χ1) is 7.49. The van der Waals surface area contributed by atoms with Crippen molar-refractivity contribution in [3.05, 3.63) is 35.4 Å². The van der Waals surface area contributed by atoms with E-state index in [1.165, 1.54) is 0 Å². The number of rotatable bonds is 2. The zero-order chi connectivity index (χ0) is 11.8. The SMILES string of the molecule is CC1(C)CC(c2ccccc2C(N)=S)=NO1. The lowest BCUT2D eigenvalue weighted by molar-refractivity contribution is 0.0123. The fourth-order valence-corrected chi connectivity index (χ4v) is 1.92. The Morgan fingerprint density at radius 2 is 2.12 bits per heavy atom. The predicted molar refractivity (Wildman–Crippen MR) is 68.6 cm³/mol. The van der Waals surface area contributed by atoms with Crippen LogP contribution in [0.25, 0.3) is 0 Å². The first-order valence-corrected chi connectivity index (χ1v) is 5.55. The first-order valence-electron chi connectivity index (χ1n) is 5.14. The molecule has 16 heavy (non-hydrogen) atoms. The Hall–Kier alpha value is -1.42. The van der Waals surface area contributed by atoms with Gasteiger partial charge in [0.1, 0.15) is 10.6 Å². The number of hydrogen-bond donors (Lipinski definition) is 1. The van der Waals surface area contributed by atoms with Crippen molar-refractivity contribution >= 4 is 22.9 Å². The molecule has 0 spiro atoms. The molecule has 2 N–H and O–H groups in total. The van der Waals surface area contributed by atoms with Crippen molar-refractivity contribution in [2.75, 3.05) is 0 Å². The van der Waals surface area contributed by atoms with Gasteiger partial charge in [-0.05, 0) is 13.8 Å². The Kier molecular flexibility index (Phi) is 2.68.